The van der Waals surface area contributed by atoms with Crippen LogP contribution in [0.4, 0.5) is 0 Å². The maximum Gasteiger partial charge on any atom is 0.466 e. The number of rotatable bonds is 6. The average molecular weight is 417 g/mol. The van der Waals surface area contributed by atoms with Crippen LogP contribution in [-0.4, -0.2) is 30.1 Å². The lowest BCUT2D eigenvalue weighted by Gasteiger charge is -2.32. The summed E-state index contributed by atoms with van der Waals surface area (Å²) in [6, 6.07) is 19.5. The van der Waals surface area contributed by atoms with Crippen molar-refractivity contribution in [1.82, 2.24) is 9.55 Å². The molecule has 0 saturated carbocycles. The van der Waals surface area contributed by atoms with Crippen LogP contribution < -0.4 is 5.73 Å². The Morgan fingerprint density at radius 1 is 1.03 bits per heavy atom. The van der Waals surface area contributed by atoms with Gasteiger partial charge in [-0.25, -0.2) is 9.55 Å². The summed E-state index contributed by atoms with van der Waals surface area (Å²) in [6.07, 6.45) is 4.27. The van der Waals surface area contributed by atoms with Gasteiger partial charge in [0.05, 0.1) is 0 Å². The number of benzene rings is 2. The predicted octanol–water partition coefficient (Wildman–Crippen LogP) is 2.12. The van der Waals surface area contributed by atoms with Crippen molar-refractivity contribution in [3.8, 4) is 0 Å². The number of nitrogens with two attached hydrogens (primary N) is 1. The minimum absolute atomic E-state index is 0.335. The summed E-state index contributed by atoms with van der Waals surface area (Å²) in [7, 11) is -4.64. The van der Waals surface area contributed by atoms with Gasteiger partial charge in [0.25, 0.3) is 0 Å². The third-order valence-electron chi connectivity index (χ3n) is 4.61. The third kappa shape index (κ3) is 6.10. The highest BCUT2D eigenvalue weighted by molar-refractivity contribution is 7.45. The van der Waals surface area contributed by atoms with Gasteiger partial charge >= 0.3 is 7.82 Å². The zero-order valence-corrected chi connectivity index (χ0v) is 16.8. The van der Waals surface area contributed by atoms with Crippen molar-refractivity contribution in [1.29, 1.82) is 0 Å². The average Bonchev–Trinajstić information content (AvgIpc) is 3.07. The van der Waals surface area contributed by atoms with E-state index in [2.05, 4.69) is 4.98 Å². The normalized spacial score (nSPS) is 11.4. The quantitative estimate of drug-likeness (QED) is 0.453. The first-order valence-corrected chi connectivity index (χ1v) is 10.4. The van der Waals surface area contributed by atoms with Gasteiger partial charge in [-0.05, 0) is 24.5 Å². The topological polar surface area (TPSA) is 139 Å². The van der Waals surface area contributed by atoms with Gasteiger partial charge in [-0.15, -0.1) is 0 Å². The molecule has 2 aromatic carbocycles. The number of primary amides is 1. The van der Waals surface area contributed by atoms with Crippen LogP contribution in [0.1, 0.15) is 23.4 Å². The van der Waals surface area contributed by atoms with Crippen LogP contribution in [-0.2, 0) is 21.3 Å². The molecule has 5 N–H and O–H groups in total. The minimum atomic E-state index is -4.64. The van der Waals surface area contributed by atoms with Crippen molar-refractivity contribution in [2.75, 3.05) is 0 Å². The first-order chi connectivity index (χ1) is 13.6. The molecule has 3 rings (SSSR count). The second kappa shape index (κ2) is 9.62. The highest BCUT2D eigenvalue weighted by Gasteiger charge is 2.40. The van der Waals surface area contributed by atoms with Gasteiger partial charge in [-0.2, -0.15) is 0 Å². The molecule has 0 radical (unpaired) electrons. The first-order valence-electron chi connectivity index (χ1n) is 8.81. The zero-order chi connectivity index (χ0) is 21.5. The Balaban J connectivity index is 0.000000537. The Morgan fingerprint density at radius 2 is 1.48 bits per heavy atom. The molecule has 154 valence electrons. The molecule has 0 aliphatic heterocycles. The number of aromatic nitrogens is 2. The van der Waals surface area contributed by atoms with Gasteiger partial charge in [0, 0.05) is 18.9 Å². The summed E-state index contributed by atoms with van der Waals surface area (Å²) in [5, 5.41) is 0. The fraction of sp³-hybridized carbons (Fsp3) is 0.200. The Hall–Kier alpha value is -2.77. The van der Waals surface area contributed by atoms with E-state index in [9.17, 15) is 4.79 Å². The number of aryl methyl sites for hydroxylation is 2. The molecule has 0 aliphatic rings. The lowest BCUT2D eigenvalue weighted by molar-refractivity contribution is -0.122. The number of imidazole rings is 1. The van der Waals surface area contributed by atoms with Crippen LogP contribution >= 0.6 is 7.82 Å². The molecule has 0 bridgehead atoms. The molecule has 1 heterocycles. The largest absolute Gasteiger partial charge is 0.466 e. The van der Waals surface area contributed by atoms with Crippen LogP contribution in [0.15, 0.2) is 73.1 Å². The van der Waals surface area contributed by atoms with E-state index in [1.807, 2.05) is 78.4 Å². The minimum Gasteiger partial charge on any atom is -0.369 e. The third-order valence-corrected chi connectivity index (χ3v) is 4.61. The number of nitrogens with zero attached hydrogens (tertiary/aromatic N) is 2. The molecule has 0 spiro atoms. The van der Waals surface area contributed by atoms with E-state index in [0.29, 0.717) is 13.0 Å². The summed E-state index contributed by atoms with van der Waals surface area (Å²) in [4.78, 5) is 38.5. The maximum atomic E-state index is 12.7. The van der Waals surface area contributed by atoms with E-state index >= 15 is 0 Å². The number of carbonyl (C=O) groups is 1. The first kappa shape index (κ1) is 22.5. The van der Waals surface area contributed by atoms with E-state index in [-0.39, 0.29) is 5.91 Å². The van der Waals surface area contributed by atoms with Gasteiger partial charge in [-0.1, -0.05) is 60.7 Å². The molecule has 8 nitrogen and oxygen atoms in total. The molecule has 0 saturated heterocycles. The van der Waals surface area contributed by atoms with Crippen molar-refractivity contribution in [3.05, 3.63) is 90.0 Å². The number of hydrogen-bond acceptors (Lipinski definition) is 3. The molecule has 0 fully saturated rings. The summed E-state index contributed by atoms with van der Waals surface area (Å²) >= 11 is 0. The van der Waals surface area contributed by atoms with Crippen LogP contribution in [0, 0.1) is 6.92 Å². The Morgan fingerprint density at radius 3 is 1.83 bits per heavy atom. The van der Waals surface area contributed by atoms with Crippen LogP contribution in [0.25, 0.3) is 0 Å². The van der Waals surface area contributed by atoms with Crippen molar-refractivity contribution in [2.45, 2.75) is 25.3 Å². The second-order valence-electron chi connectivity index (χ2n) is 6.43. The van der Waals surface area contributed by atoms with E-state index in [4.69, 9.17) is 25.0 Å². The Kier molecular flexibility index (Phi) is 7.47. The molecule has 9 heteroatoms. The zero-order valence-electron chi connectivity index (χ0n) is 15.9. The molecule has 1 aromatic heterocycles. The Bertz CT molecular complexity index is 922. The van der Waals surface area contributed by atoms with E-state index in [1.54, 1.807) is 6.20 Å². The highest BCUT2D eigenvalue weighted by Crippen LogP contribution is 2.36. The Labute approximate surface area is 168 Å². The second-order valence-corrected chi connectivity index (χ2v) is 7.46. The summed E-state index contributed by atoms with van der Waals surface area (Å²) in [6.45, 7) is 2.62. The predicted molar refractivity (Wildman–Crippen MR) is 109 cm³/mol. The summed E-state index contributed by atoms with van der Waals surface area (Å²) in [5.74, 6) is 0.590. The summed E-state index contributed by atoms with van der Waals surface area (Å²) in [5.41, 5.74) is 6.92. The smallest absolute Gasteiger partial charge is 0.369 e. The monoisotopic (exact) mass is 417 g/mol. The van der Waals surface area contributed by atoms with Crippen molar-refractivity contribution in [3.63, 3.8) is 0 Å². The number of carbonyl (C=O) groups excluding carboxylic acids is 1. The molecule has 0 atom stereocenters. The lowest BCUT2D eigenvalue weighted by Crippen LogP contribution is -2.43. The molecule has 1 amide bonds. The fourth-order valence-corrected chi connectivity index (χ4v) is 3.24. The lowest BCUT2D eigenvalue weighted by atomic mass is 9.71. The molecule has 3 aromatic rings. The van der Waals surface area contributed by atoms with Gasteiger partial charge in [0.1, 0.15) is 11.2 Å². The highest BCUT2D eigenvalue weighted by atomic mass is 31.2. The molecule has 0 aliphatic carbocycles. The van der Waals surface area contributed by atoms with Crippen molar-refractivity contribution >= 4 is 13.7 Å². The van der Waals surface area contributed by atoms with E-state index < -0.39 is 13.2 Å². The van der Waals surface area contributed by atoms with Gasteiger partial charge in [0.15, 0.2) is 0 Å². The van der Waals surface area contributed by atoms with Crippen LogP contribution in [0.5, 0.6) is 0 Å². The number of phosphoric acid groups is 1. The standard InChI is InChI=1S/C20H21N3O.H3O4P/c1-16-22-13-15-23(16)14-12-20(19(21)24,17-8-4-2-5-9-17)18-10-6-3-7-11-18;1-5(2,3)4/h2-11,13,15H,12,14H2,1H3,(H2,21,24);(H3,1,2,3,4). The number of hydrogen-bond donors (Lipinski definition) is 4. The van der Waals surface area contributed by atoms with E-state index in [0.717, 1.165) is 17.0 Å². The van der Waals surface area contributed by atoms with Gasteiger partial charge < -0.3 is 25.0 Å². The summed E-state index contributed by atoms with van der Waals surface area (Å²) < 4.78 is 10.9. The molecular weight excluding hydrogens is 393 g/mol. The SMILES string of the molecule is Cc1nccn1CCC(C(N)=O)(c1ccccc1)c1ccccc1.O=P(O)(O)O. The maximum absolute atomic E-state index is 12.7. The molecule has 29 heavy (non-hydrogen) atoms. The fourth-order valence-electron chi connectivity index (χ4n) is 3.24. The van der Waals surface area contributed by atoms with Crippen LogP contribution in [0.2, 0.25) is 0 Å². The number of amides is 1. The van der Waals surface area contributed by atoms with Crippen molar-refractivity contribution in [2.24, 2.45) is 5.73 Å². The molecular formula is C20H24N3O5P. The van der Waals surface area contributed by atoms with E-state index in [1.165, 1.54) is 0 Å². The molecule has 0 unspecified atom stereocenters. The van der Waals surface area contributed by atoms with Crippen molar-refractivity contribution < 1.29 is 24.0 Å². The van der Waals surface area contributed by atoms with Crippen LogP contribution in [0.3, 0.4) is 0 Å². The van der Waals surface area contributed by atoms with Gasteiger partial charge in [0.2, 0.25) is 5.91 Å². The van der Waals surface area contributed by atoms with Gasteiger partial charge in [-0.3, -0.25) is 4.79 Å².